The van der Waals surface area contributed by atoms with E-state index in [-0.39, 0.29) is 10.8 Å². The Morgan fingerprint density at radius 2 is 1.28 bits per heavy atom. The molecule has 8 nitrogen and oxygen atoms in total. The van der Waals surface area contributed by atoms with Gasteiger partial charge in [0.05, 0.1) is 51.8 Å². The number of hydrogen-bond acceptors (Lipinski definition) is 8. The number of carbonyl (C=O) groups is 1. The highest BCUT2D eigenvalue weighted by Gasteiger charge is 2.54. The van der Waals surface area contributed by atoms with Crippen LogP contribution in [0.2, 0.25) is 5.02 Å². The van der Waals surface area contributed by atoms with Gasteiger partial charge in [-0.15, -0.1) is 6.42 Å². The van der Waals surface area contributed by atoms with E-state index in [1.54, 1.807) is 24.3 Å². The van der Waals surface area contributed by atoms with E-state index in [0.29, 0.717) is 55.8 Å². The van der Waals surface area contributed by atoms with Crippen LogP contribution in [0.15, 0.2) is 42.5 Å². The first-order valence-corrected chi connectivity index (χ1v) is 14.9. The van der Waals surface area contributed by atoms with Crippen molar-refractivity contribution in [1.29, 1.82) is 0 Å². The Balaban J connectivity index is 0.000000173. The molecule has 9 heteroatoms. The summed E-state index contributed by atoms with van der Waals surface area (Å²) >= 11 is 6.15. The van der Waals surface area contributed by atoms with Crippen molar-refractivity contribution < 1.29 is 38.0 Å². The summed E-state index contributed by atoms with van der Waals surface area (Å²) in [6, 6.07) is 12.7. The van der Waals surface area contributed by atoms with E-state index in [1.165, 1.54) is 7.11 Å². The fraction of sp³-hybridized carbons (Fsp3) is 0.500. The minimum atomic E-state index is -1.12. The van der Waals surface area contributed by atoms with Crippen molar-refractivity contribution in [2.24, 2.45) is 10.8 Å². The van der Waals surface area contributed by atoms with Gasteiger partial charge in [-0.2, -0.15) is 0 Å². The van der Waals surface area contributed by atoms with Crippen LogP contribution in [0.3, 0.4) is 0 Å². The van der Waals surface area contributed by atoms with Crippen molar-refractivity contribution in [3.63, 3.8) is 0 Å². The van der Waals surface area contributed by atoms with Gasteiger partial charge < -0.3 is 33.2 Å². The Kier molecular flexibility index (Phi) is 9.51. The Labute approximate surface area is 258 Å². The minimum Gasteiger partial charge on any atom is -0.459 e. The van der Waals surface area contributed by atoms with E-state index >= 15 is 0 Å². The summed E-state index contributed by atoms with van der Waals surface area (Å²) in [5, 5.41) is 0.506. The average Bonchev–Trinajstić information content (AvgIpc) is 3.06. The van der Waals surface area contributed by atoms with Crippen LogP contribution in [-0.4, -0.2) is 52.7 Å². The van der Waals surface area contributed by atoms with Crippen LogP contribution in [-0.2, 0) is 49.9 Å². The monoisotopic (exact) mass is 608 g/mol. The third kappa shape index (κ3) is 6.48. The minimum absolute atomic E-state index is 0.000943. The van der Waals surface area contributed by atoms with Crippen molar-refractivity contribution in [2.45, 2.75) is 51.5 Å². The molecule has 6 saturated heterocycles. The summed E-state index contributed by atoms with van der Waals surface area (Å²) in [7, 11) is 1.30. The fourth-order valence-corrected chi connectivity index (χ4v) is 5.97. The van der Waals surface area contributed by atoms with Gasteiger partial charge in [0.15, 0.2) is 0 Å². The summed E-state index contributed by atoms with van der Waals surface area (Å²) in [6.45, 7) is 8.18. The molecule has 0 atom stereocenters. The highest BCUT2D eigenvalue weighted by atomic mass is 35.5. The second-order valence-electron chi connectivity index (χ2n) is 11.5. The normalized spacial score (nSPS) is 30.3. The van der Waals surface area contributed by atoms with Gasteiger partial charge in [0, 0.05) is 39.0 Å². The van der Waals surface area contributed by atoms with Gasteiger partial charge in [-0.05, 0) is 55.3 Å². The smallest absolute Gasteiger partial charge is 0.384 e. The number of fused-ring (bicyclic) bond motifs is 6. The maximum Gasteiger partial charge on any atom is 0.384 e. The molecule has 6 heterocycles. The number of terminal acetylenes is 1. The number of esters is 1. The molecule has 0 aromatic heterocycles. The second-order valence-corrected chi connectivity index (χ2v) is 11.9. The first kappa shape index (κ1) is 31.5. The molecule has 228 valence electrons. The van der Waals surface area contributed by atoms with Crippen LogP contribution >= 0.6 is 11.6 Å². The number of hydrogen-bond donors (Lipinski definition) is 0. The van der Waals surface area contributed by atoms with E-state index < -0.39 is 17.9 Å². The number of methoxy groups -OCH3 is 1. The van der Waals surface area contributed by atoms with Crippen LogP contribution < -0.4 is 0 Å². The lowest BCUT2D eigenvalue weighted by atomic mass is 9.83. The third-order valence-electron chi connectivity index (χ3n) is 8.18. The topological polar surface area (TPSA) is 81.7 Å². The molecular formula is C34H37ClO8. The number of rotatable bonds is 6. The van der Waals surface area contributed by atoms with Crippen LogP contribution in [0.1, 0.15) is 61.8 Å². The van der Waals surface area contributed by atoms with Crippen molar-refractivity contribution in [2.75, 3.05) is 46.8 Å². The van der Waals surface area contributed by atoms with Gasteiger partial charge in [-0.25, -0.2) is 4.79 Å². The molecule has 0 saturated carbocycles. The van der Waals surface area contributed by atoms with Gasteiger partial charge in [-0.1, -0.05) is 50.1 Å². The summed E-state index contributed by atoms with van der Waals surface area (Å²) in [5.41, 5.74) is 2.90. The number of halogens is 1. The standard InChI is InChI=1S/C18H20O5.C16H17ClO3/c1-3-10-17-11-21-18(22-12-17,23-13-17)15-7-4-14(5-8-15)6-9-16(19)20-2;1-3-7-15-9-18-16(19-10-15,20-11-15)13-6-5-12(4-2)14(17)8-13/h4-5,7-8H,3,10-13H2,1-2H3;2,5-6,8H,3,7,9-11H2,1H3. The first-order chi connectivity index (χ1) is 20.7. The number of ether oxygens (including phenoxy) is 7. The van der Waals surface area contributed by atoms with Crippen molar-refractivity contribution in [3.05, 3.63) is 69.7 Å². The van der Waals surface area contributed by atoms with E-state index in [9.17, 15) is 4.79 Å². The summed E-state index contributed by atoms with van der Waals surface area (Å²) in [4.78, 5) is 11.0. The molecule has 0 radical (unpaired) electrons. The molecule has 6 fully saturated rings. The van der Waals surface area contributed by atoms with Crippen LogP contribution in [0.5, 0.6) is 0 Å². The molecule has 6 aliphatic rings. The molecule has 0 spiro atoms. The van der Waals surface area contributed by atoms with Gasteiger partial charge in [0.2, 0.25) is 0 Å². The Morgan fingerprint density at radius 3 is 1.70 bits per heavy atom. The highest BCUT2D eigenvalue weighted by Crippen LogP contribution is 2.47. The second kappa shape index (κ2) is 13.0. The lowest BCUT2D eigenvalue weighted by Crippen LogP contribution is -2.58. The Hall–Kier alpha value is -2.92. The summed E-state index contributed by atoms with van der Waals surface area (Å²) in [6.07, 6.45) is 9.62. The third-order valence-corrected chi connectivity index (χ3v) is 8.49. The molecule has 0 aliphatic carbocycles. The van der Waals surface area contributed by atoms with Gasteiger partial charge >= 0.3 is 17.9 Å². The maximum atomic E-state index is 11.0. The van der Waals surface area contributed by atoms with Crippen molar-refractivity contribution in [1.82, 2.24) is 0 Å². The Morgan fingerprint density at radius 1 is 0.814 bits per heavy atom. The zero-order valence-corrected chi connectivity index (χ0v) is 25.6. The largest absolute Gasteiger partial charge is 0.459 e. The van der Waals surface area contributed by atoms with E-state index in [0.717, 1.165) is 36.8 Å². The number of carbonyl (C=O) groups excluding carboxylic acids is 1. The average molecular weight is 609 g/mol. The molecule has 2 aromatic carbocycles. The maximum absolute atomic E-state index is 11.0. The first-order valence-electron chi connectivity index (χ1n) is 14.6. The zero-order valence-electron chi connectivity index (χ0n) is 24.8. The van der Waals surface area contributed by atoms with Crippen molar-refractivity contribution in [3.8, 4) is 24.2 Å². The fourth-order valence-electron chi connectivity index (χ4n) is 5.74. The predicted octanol–water partition coefficient (Wildman–Crippen LogP) is 5.48. The molecule has 0 N–H and O–H groups in total. The van der Waals surface area contributed by atoms with Gasteiger partial charge in [0.25, 0.3) is 0 Å². The van der Waals surface area contributed by atoms with Gasteiger partial charge in [0.1, 0.15) is 0 Å². The molecule has 0 amide bonds. The summed E-state index contributed by atoms with van der Waals surface area (Å²) in [5.74, 6) is 4.88. The van der Waals surface area contributed by atoms with Crippen LogP contribution in [0.25, 0.3) is 0 Å². The van der Waals surface area contributed by atoms with E-state index in [4.69, 9.17) is 46.4 Å². The highest BCUT2D eigenvalue weighted by molar-refractivity contribution is 6.31. The molecule has 2 aromatic rings. The lowest BCUT2D eigenvalue weighted by Gasteiger charge is -2.52. The quantitative estimate of drug-likeness (QED) is 0.315. The molecule has 6 aliphatic heterocycles. The van der Waals surface area contributed by atoms with Crippen molar-refractivity contribution >= 4 is 17.6 Å². The van der Waals surface area contributed by atoms with E-state index in [1.807, 2.05) is 18.2 Å². The van der Waals surface area contributed by atoms with Crippen LogP contribution in [0.4, 0.5) is 0 Å². The summed E-state index contributed by atoms with van der Waals surface area (Å²) < 4.78 is 39.8. The Bertz CT molecular complexity index is 1370. The van der Waals surface area contributed by atoms with Crippen LogP contribution in [0, 0.1) is 35.0 Å². The molecular weight excluding hydrogens is 572 g/mol. The molecule has 43 heavy (non-hydrogen) atoms. The zero-order chi connectivity index (χ0) is 30.6. The van der Waals surface area contributed by atoms with E-state index in [2.05, 4.69) is 36.3 Å². The predicted molar refractivity (Wildman–Crippen MR) is 158 cm³/mol. The lowest BCUT2D eigenvalue weighted by molar-refractivity contribution is -0.480. The molecule has 8 rings (SSSR count). The SMILES string of the molecule is C#Cc1ccc(C23OCC(CCC)(CO2)CO3)cc1Cl.CCCC12COC(c3ccc(C#CC(=O)OC)cc3)(OC1)OC2. The van der Waals surface area contributed by atoms with Gasteiger partial charge in [-0.3, -0.25) is 0 Å². The molecule has 0 unspecified atom stereocenters. The molecule has 4 bridgehead atoms. The number of benzene rings is 2.